The summed E-state index contributed by atoms with van der Waals surface area (Å²) in [7, 11) is 0. The van der Waals surface area contributed by atoms with Gasteiger partial charge in [-0.25, -0.2) is 9.78 Å². The molecule has 0 unspecified atom stereocenters. The number of nitrogens with zero attached hydrogens (tertiary/aromatic N) is 2. The summed E-state index contributed by atoms with van der Waals surface area (Å²) in [6.07, 6.45) is 6.37. The van der Waals surface area contributed by atoms with Crippen molar-refractivity contribution in [2.75, 3.05) is 0 Å². The molecule has 2 N–H and O–H groups in total. The van der Waals surface area contributed by atoms with Crippen molar-refractivity contribution in [3.8, 4) is 12.3 Å². The summed E-state index contributed by atoms with van der Waals surface area (Å²) >= 11 is 0. The number of aromatic nitrogens is 3. The van der Waals surface area contributed by atoms with Crippen LogP contribution >= 0.6 is 0 Å². The molecule has 1 rings (SSSR count). The van der Waals surface area contributed by atoms with Gasteiger partial charge in [-0.2, -0.15) is 5.10 Å². The molecule has 1 amide bonds. The van der Waals surface area contributed by atoms with E-state index in [0.29, 0.717) is 12.2 Å². The molecule has 0 fully saturated rings. The van der Waals surface area contributed by atoms with Gasteiger partial charge in [0.1, 0.15) is 23.8 Å². The highest BCUT2D eigenvalue weighted by Gasteiger charge is 2.21. The quantitative estimate of drug-likeness (QED) is 0.777. The van der Waals surface area contributed by atoms with Crippen LogP contribution in [0.4, 0.5) is 4.79 Å². The van der Waals surface area contributed by atoms with E-state index in [2.05, 4.69) is 26.4 Å². The van der Waals surface area contributed by atoms with E-state index in [1.165, 1.54) is 6.33 Å². The lowest BCUT2D eigenvalue weighted by Gasteiger charge is -2.21. The molecule has 1 aromatic heterocycles. The molecule has 1 atom stereocenters. The van der Waals surface area contributed by atoms with Crippen LogP contribution in [0.2, 0.25) is 0 Å². The number of ether oxygens (including phenoxy) is 1. The molecule has 0 aliphatic heterocycles. The fraction of sp³-hybridized carbons (Fsp3) is 0.545. The predicted molar refractivity (Wildman–Crippen MR) is 61.9 cm³/mol. The Hall–Kier alpha value is -2.03. The second-order valence-electron chi connectivity index (χ2n) is 4.48. The number of aromatic amines is 1. The van der Waals surface area contributed by atoms with E-state index in [1.807, 2.05) is 0 Å². The molecule has 6 heteroatoms. The van der Waals surface area contributed by atoms with Crippen LogP contribution in [0.25, 0.3) is 0 Å². The van der Waals surface area contributed by atoms with Crippen molar-refractivity contribution in [1.29, 1.82) is 0 Å². The maximum atomic E-state index is 11.6. The van der Waals surface area contributed by atoms with Crippen LogP contribution in [0.5, 0.6) is 0 Å². The number of rotatable bonds is 3. The first-order valence-electron chi connectivity index (χ1n) is 5.20. The summed E-state index contributed by atoms with van der Waals surface area (Å²) in [5.41, 5.74) is -0.549. The number of hydrogen-bond acceptors (Lipinski definition) is 4. The lowest BCUT2D eigenvalue weighted by Crippen LogP contribution is -2.35. The van der Waals surface area contributed by atoms with Gasteiger partial charge in [-0.1, -0.05) is 0 Å². The van der Waals surface area contributed by atoms with Gasteiger partial charge in [-0.05, 0) is 20.8 Å². The highest BCUT2D eigenvalue weighted by Crippen LogP contribution is 2.13. The second kappa shape index (κ2) is 5.34. The van der Waals surface area contributed by atoms with Crippen LogP contribution in [-0.4, -0.2) is 26.9 Å². The third-order valence-corrected chi connectivity index (χ3v) is 1.78. The lowest BCUT2D eigenvalue weighted by molar-refractivity contribution is 0.0502. The first kappa shape index (κ1) is 13.0. The molecule has 6 nitrogen and oxygen atoms in total. The molecular weight excluding hydrogens is 220 g/mol. The molecule has 0 aliphatic carbocycles. The van der Waals surface area contributed by atoms with Gasteiger partial charge >= 0.3 is 6.09 Å². The van der Waals surface area contributed by atoms with Crippen molar-refractivity contribution < 1.29 is 9.53 Å². The number of amides is 1. The molecule has 0 spiro atoms. The predicted octanol–water partition coefficient (Wildman–Crippen LogP) is 1.39. The Morgan fingerprint density at radius 1 is 1.71 bits per heavy atom. The minimum Gasteiger partial charge on any atom is -0.444 e. The summed E-state index contributed by atoms with van der Waals surface area (Å²) in [5, 5.41) is 9.01. The Balaban J connectivity index is 2.63. The van der Waals surface area contributed by atoms with Crippen LogP contribution in [-0.2, 0) is 4.74 Å². The molecule has 0 bridgehead atoms. The zero-order valence-electron chi connectivity index (χ0n) is 10.2. The molecule has 0 saturated heterocycles. The highest BCUT2D eigenvalue weighted by atomic mass is 16.6. The Bertz CT molecular complexity index is 400. The van der Waals surface area contributed by atoms with E-state index in [1.54, 1.807) is 20.8 Å². The number of hydrogen-bond donors (Lipinski definition) is 2. The average molecular weight is 236 g/mol. The minimum atomic E-state index is -0.549. The standard InChI is InChI=1S/C11H16N4O2/c1-5-6-8(9-12-7-13-15-9)14-10(16)17-11(2,3)4/h1,7-8H,6H2,2-4H3,(H,14,16)(H,12,13,15)/t8-/m0/s1. The molecule has 0 aromatic carbocycles. The Morgan fingerprint density at radius 3 is 2.88 bits per heavy atom. The van der Waals surface area contributed by atoms with Gasteiger partial charge in [-0.3, -0.25) is 5.10 Å². The molecule has 17 heavy (non-hydrogen) atoms. The molecular formula is C11H16N4O2. The number of nitrogens with one attached hydrogen (secondary N) is 2. The van der Waals surface area contributed by atoms with Gasteiger partial charge in [-0.15, -0.1) is 12.3 Å². The monoisotopic (exact) mass is 236 g/mol. The van der Waals surface area contributed by atoms with E-state index >= 15 is 0 Å². The second-order valence-corrected chi connectivity index (χ2v) is 4.48. The lowest BCUT2D eigenvalue weighted by atomic mass is 10.2. The molecule has 1 heterocycles. The van der Waals surface area contributed by atoms with Crippen molar-refractivity contribution in [3.05, 3.63) is 12.2 Å². The van der Waals surface area contributed by atoms with E-state index in [0.717, 1.165) is 0 Å². The van der Waals surface area contributed by atoms with E-state index < -0.39 is 17.7 Å². The van der Waals surface area contributed by atoms with Gasteiger partial charge < -0.3 is 10.1 Å². The van der Waals surface area contributed by atoms with Gasteiger partial charge in [0.25, 0.3) is 0 Å². The van der Waals surface area contributed by atoms with Crippen LogP contribution in [0.15, 0.2) is 6.33 Å². The van der Waals surface area contributed by atoms with Gasteiger partial charge in [0.15, 0.2) is 0 Å². The van der Waals surface area contributed by atoms with Gasteiger partial charge in [0.05, 0.1) is 0 Å². The molecule has 0 saturated carbocycles. The zero-order valence-corrected chi connectivity index (χ0v) is 10.2. The van der Waals surface area contributed by atoms with Crippen molar-refractivity contribution >= 4 is 6.09 Å². The Kier molecular flexibility index (Phi) is 4.10. The van der Waals surface area contributed by atoms with Crippen molar-refractivity contribution in [3.63, 3.8) is 0 Å². The average Bonchev–Trinajstić information content (AvgIpc) is 2.66. The summed E-state index contributed by atoms with van der Waals surface area (Å²) < 4.78 is 5.13. The molecule has 0 aliphatic rings. The fourth-order valence-electron chi connectivity index (χ4n) is 1.17. The zero-order chi connectivity index (χ0) is 12.9. The SMILES string of the molecule is C#CC[C@H](NC(=O)OC(C)(C)C)c1ncn[nH]1. The Morgan fingerprint density at radius 2 is 2.41 bits per heavy atom. The van der Waals surface area contributed by atoms with Crippen molar-refractivity contribution in [1.82, 2.24) is 20.5 Å². The Labute approximate surface area is 100 Å². The van der Waals surface area contributed by atoms with E-state index in [4.69, 9.17) is 11.2 Å². The van der Waals surface area contributed by atoms with Gasteiger partial charge in [0.2, 0.25) is 0 Å². The molecule has 92 valence electrons. The van der Waals surface area contributed by atoms with Crippen LogP contribution in [0.1, 0.15) is 39.1 Å². The van der Waals surface area contributed by atoms with Crippen LogP contribution in [0, 0.1) is 12.3 Å². The van der Waals surface area contributed by atoms with Crippen molar-refractivity contribution in [2.45, 2.75) is 38.8 Å². The summed E-state index contributed by atoms with van der Waals surface area (Å²) in [5.74, 6) is 2.97. The van der Waals surface area contributed by atoms with Crippen LogP contribution < -0.4 is 5.32 Å². The number of carbonyl (C=O) groups is 1. The van der Waals surface area contributed by atoms with Crippen LogP contribution in [0.3, 0.4) is 0 Å². The first-order valence-corrected chi connectivity index (χ1v) is 5.20. The van der Waals surface area contributed by atoms with E-state index in [-0.39, 0.29) is 0 Å². The van der Waals surface area contributed by atoms with Gasteiger partial charge in [0, 0.05) is 6.42 Å². The fourth-order valence-corrected chi connectivity index (χ4v) is 1.17. The topological polar surface area (TPSA) is 79.9 Å². The highest BCUT2D eigenvalue weighted by molar-refractivity contribution is 5.68. The van der Waals surface area contributed by atoms with E-state index in [9.17, 15) is 4.79 Å². The summed E-state index contributed by atoms with van der Waals surface area (Å²) in [6.45, 7) is 5.37. The molecule has 0 radical (unpaired) electrons. The largest absolute Gasteiger partial charge is 0.444 e. The summed E-state index contributed by atoms with van der Waals surface area (Å²) in [6, 6.07) is -0.419. The normalized spacial score (nSPS) is 12.6. The van der Waals surface area contributed by atoms with Crippen molar-refractivity contribution in [2.24, 2.45) is 0 Å². The number of alkyl carbamates (subject to hydrolysis) is 1. The molecule has 1 aromatic rings. The smallest absolute Gasteiger partial charge is 0.408 e. The first-order chi connectivity index (χ1) is 7.92. The number of terminal acetylenes is 1. The maximum Gasteiger partial charge on any atom is 0.408 e. The summed E-state index contributed by atoms with van der Waals surface area (Å²) in [4.78, 5) is 15.5. The maximum absolute atomic E-state index is 11.6. The number of H-pyrrole nitrogens is 1. The number of carbonyl (C=O) groups excluding carboxylic acids is 1. The third kappa shape index (κ3) is 4.55. The minimum absolute atomic E-state index is 0.314. The third-order valence-electron chi connectivity index (χ3n) is 1.78.